The van der Waals surface area contributed by atoms with Crippen molar-refractivity contribution in [2.75, 3.05) is 33.4 Å². The van der Waals surface area contributed by atoms with E-state index in [0.717, 1.165) is 37.5 Å². The van der Waals surface area contributed by atoms with Crippen LogP contribution in [0.25, 0.3) is 0 Å². The summed E-state index contributed by atoms with van der Waals surface area (Å²) >= 11 is 0. The van der Waals surface area contributed by atoms with E-state index in [9.17, 15) is 4.79 Å². The van der Waals surface area contributed by atoms with Gasteiger partial charge >= 0.3 is 0 Å². The van der Waals surface area contributed by atoms with E-state index in [4.69, 9.17) is 4.74 Å². The number of likely N-dealkylation sites (N-methyl/N-ethyl adjacent to an activating group) is 1. The first-order chi connectivity index (χ1) is 8.61. The molecule has 2 fully saturated rings. The summed E-state index contributed by atoms with van der Waals surface area (Å²) < 4.78 is 5.43. The van der Waals surface area contributed by atoms with Crippen LogP contribution in [-0.4, -0.2) is 50.2 Å². The van der Waals surface area contributed by atoms with Crippen LogP contribution in [0.15, 0.2) is 0 Å². The van der Waals surface area contributed by atoms with Gasteiger partial charge in [-0.1, -0.05) is 13.8 Å². The maximum Gasteiger partial charge on any atom is 0.239 e. The lowest BCUT2D eigenvalue weighted by Gasteiger charge is -2.43. The fourth-order valence-corrected chi connectivity index (χ4v) is 3.08. The molecule has 4 heteroatoms. The Labute approximate surface area is 110 Å². The van der Waals surface area contributed by atoms with Crippen molar-refractivity contribution in [1.82, 2.24) is 10.2 Å². The Hall–Kier alpha value is -0.610. The largest absolute Gasteiger partial charge is 0.378 e. The summed E-state index contributed by atoms with van der Waals surface area (Å²) in [7, 11) is 1.70. The molecule has 1 saturated heterocycles. The van der Waals surface area contributed by atoms with Crippen LogP contribution in [0.5, 0.6) is 0 Å². The molecule has 0 unspecified atom stereocenters. The lowest BCUT2D eigenvalue weighted by Crippen LogP contribution is -2.55. The molecule has 0 bridgehead atoms. The maximum atomic E-state index is 11.8. The maximum absolute atomic E-state index is 11.8. The minimum absolute atomic E-state index is 0.0816. The quantitative estimate of drug-likeness (QED) is 0.817. The molecular formula is C14H26N2O2. The zero-order chi connectivity index (χ0) is 13.1. The number of nitrogens with zero attached hydrogens (tertiary/aromatic N) is 1. The summed E-state index contributed by atoms with van der Waals surface area (Å²) in [5, 5.41) is 2.74. The van der Waals surface area contributed by atoms with Crippen LogP contribution in [0, 0.1) is 17.8 Å². The second-order valence-electron chi connectivity index (χ2n) is 6.04. The fourth-order valence-electron chi connectivity index (χ4n) is 3.08. The molecule has 1 atom stereocenters. The van der Waals surface area contributed by atoms with E-state index >= 15 is 0 Å². The predicted octanol–water partition coefficient (Wildman–Crippen LogP) is 1.12. The third kappa shape index (κ3) is 3.04. The number of morpholine rings is 1. The summed E-state index contributed by atoms with van der Waals surface area (Å²) in [4.78, 5) is 14.1. The predicted molar refractivity (Wildman–Crippen MR) is 71.3 cm³/mol. The van der Waals surface area contributed by atoms with E-state index < -0.39 is 0 Å². The molecule has 0 radical (unpaired) electrons. The Bertz CT molecular complexity index is 288. The molecule has 1 saturated carbocycles. The van der Waals surface area contributed by atoms with Crippen LogP contribution < -0.4 is 5.32 Å². The Balaban J connectivity index is 1.82. The number of rotatable bonds is 4. The highest BCUT2D eigenvalue weighted by Crippen LogP contribution is 2.39. The monoisotopic (exact) mass is 254 g/mol. The van der Waals surface area contributed by atoms with Crippen LogP contribution in [0.1, 0.15) is 26.7 Å². The second kappa shape index (κ2) is 6.02. The lowest BCUT2D eigenvalue weighted by atomic mass is 9.69. The van der Waals surface area contributed by atoms with Crippen molar-refractivity contribution in [1.29, 1.82) is 0 Å². The zero-order valence-electron chi connectivity index (χ0n) is 11.8. The van der Waals surface area contributed by atoms with Gasteiger partial charge in [-0.15, -0.1) is 0 Å². The third-order valence-electron chi connectivity index (χ3n) is 4.50. The van der Waals surface area contributed by atoms with E-state index in [2.05, 4.69) is 24.1 Å². The Morgan fingerprint density at radius 1 is 1.44 bits per heavy atom. The standard InChI is InChI=1S/C14H26N2O2/c1-10(2)12-6-11(7-12)8-16-4-5-18-9-13(16)14(17)15-3/h10-13H,4-9H2,1-3H3,(H,15,17)/t11?,12?,13-/m0/s1. The van der Waals surface area contributed by atoms with Crippen molar-refractivity contribution in [3.05, 3.63) is 0 Å². The molecule has 1 aliphatic carbocycles. The molecule has 0 aromatic carbocycles. The molecule has 2 rings (SSSR count). The molecular weight excluding hydrogens is 228 g/mol. The summed E-state index contributed by atoms with van der Waals surface area (Å²) in [5.41, 5.74) is 0. The van der Waals surface area contributed by atoms with Gasteiger partial charge in [0.1, 0.15) is 6.04 Å². The van der Waals surface area contributed by atoms with Crippen LogP contribution in [0.2, 0.25) is 0 Å². The average Bonchev–Trinajstić information content (AvgIpc) is 2.32. The average molecular weight is 254 g/mol. The molecule has 1 amide bonds. The highest BCUT2D eigenvalue weighted by molar-refractivity contribution is 5.81. The number of ether oxygens (including phenoxy) is 1. The van der Waals surface area contributed by atoms with Crippen LogP contribution in [-0.2, 0) is 9.53 Å². The van der Waals surface area contributed by atoms with Crippen molar-refractivity contribution >= 4 is 5.91 Å². The van der Waals surface area contributed by atoms with Gasteiger partial charge in [0.05, 0.1) is 13.2 Å². The topological polar surface area (TPSA) is 41.6 Å². The molecule has 4 nitrogen and oxygen atoms in total. The van der Waals surface area contributed by atoms with Crippen molar-refractivity contribution in [3.8, 4) is 0 Å². The van der Waals surface area contributed by atoms with Crippen LogP contribution in [0.4, 0.5) is 0 Å². The molecule has 2 aliphatic rings. The van der Waals surface area contributed by atoms with E-state index in [1.165, 1.54) is 12.8 Å². The molecule has 1 heterocycles. The summed E-state index contributed by atoms with van der Waals surface area (Å²) in [6.45, 7) is 7.87. The minimum Gasteiger partial charge on any atom is -0.378 e. The number of hydrogen-bond acceptors (Lipinski definition) is 3. The van der Waals surface area contributed by atoms with Crippen LogP contribution >= 0.6 is 0 Å². The Morgan fingerprint density at radius 3 is 2.78 bits per heavy atom. The number of carbonyl (C=O) groups is 1. The third-order valence-corrected chi connectivity index (χ3v) is 4.50. The molecule has 0 aromatic heterocycles. The highest BCUT2D eigenvalue weighted by Gasteiger charge is 2.36. The first kappa shape index (κ1) is 13.8. The van der Waals surface area contributed by atoms with Crippen molar-refractivity contribution in [2.24, 2.45) is 17.8 Å². The van der Waals surface area contributed by atoms with Gasteiger partial charge in [0.25, 0.3) is 0 Å². The van der Waals surface area contributed by atoms with Gasteiger partial charge < -0.3 is 10.1 Å². The molecule has 1 N–H and O–H groups in total. The van der Waals surface area contributed by atoms with Gasteiger partial charge in [0.15, 0.2) is 0 Å². The van der Waals surface area contributed by atoms with Gasteiger partial charge in [-0.25, -0.2) is 0 Å². The molecule has 1 aliphatic heterocycles. The summed E-state index contributed by atoms with van der Waals surface area (Å²) in [5.74, 6) is 2.58. The fraction of sp³-hybridized carbons (Fsp3) is 0.929. The van der Waals surface area contributed by atoms with E-state index in [0.29, 0.717) is 6.61 Å². The molecule has 104 valence electrons. The molecule has 0 spiro atoms. The van der Waals surface area contributed by atoms with Gasteiger partial charge in [-0.3, -0.25) is 9.69 Å². The smallest absolute Gasteiger partial charge is 0.239 e. The highest BCUT2D eigenvalue weighted by atomic mass is 16.5. The van der Waals surface area contributed by atoms with Gasteiger partial charge in [0, 0.05) is 20.1 Å². The van der Waals surface area contributed by atoms with Crippen molar-refractivity contribution in [2.45, 2.75) is 32.7 Å². The molecule has 18 heavy (non-hydrogen) atoms. The number of amides is 1. The Morgan fingerprint density at radius 2 is 2.17 bits per heavy atom. The van der Waals surface area contributed by atoms with Crippen molar-refractivity contribution < 1.29 is 9.53 Å². The number of nitrogens with one attached hydrogen (secondary N) is 1. The first-order valence-electron chi connectivity index (χ1n) is 7.15. The first-order valence-corrected chi connectivity index (χ1v) is 7.15. The van der Waals surface area contributed by atoms with Gasteiger partial charge in [-0.05, 0) is 30.6 Å². The van der Waals surface area contributed by atoms with E-state index in [1.807, 2.05) is 0 Å². The number of carbonyl (C=O) groups excluding carboxylic acids is 1. The number of hydrogen-bond donors (Lipinski definition) is 1. The zero-order valence-corrected chi connectivity index (χ0v) is 11.8. The lowest BCUT2D eigenvalue weighted by molar-refractivity contribution is -0.133. The van der Waals surface area contributed by atoms with Crippen molar-refractivity contribution in [3.63, 3.8) is 0 Å². The second-order valence-corrected chi connectivity index (χ2v) is 6.04. The van der Waals surface area contributed by atoms with E-state index in [-0.39, 0.29) is 11.9 Å². The van der Waals surface area contributed by atoms with Gasteiger partial charge in [0.2, 0.25) is 5.91 Å². The van der Waals surface area contributed by atoms with Gasteiger partial charge in [-0.2, -0.15) is 0 Å². The van der Waals surface area contributed by atoms with Crippen LogP contribution in [0.3, 0.4) is 0 Å². The summed E-state index contributed by atoms with van der Waals surface area (Å²) in [6.07, 6.45) is 2.66. The summed E-state index contributed by atoms with van der Waals surface area (Å²) in [6, 6.07) is -0.0816. The SMILES string of the molecule is CNC(=O)[C@@H]1COCCN1CC1CC(C(C)C)C1. The minimum atomic E-state index is -0.0816. The van der Waals surface area contributed by atoms with E-state index in [1.54, 1.807) is 7.05 Å². The normalized spacial score (nSPS) is 33.2. The molecule has 0 aromatic rings. The Kier molecular flexibility index (Phi) is 4.62.